The Morgan fingerprint density at radius 1 is 1.16 bits per heavy atom. The van der Waals surface area contributed by atoms with Gasteiger partial charge in [-0.25, -0.2) is 4.79 Å². The molecule has 1 aliphatic rings. The zero-order chi connectivity index (χ0) is 17.6. The number of para-hydroxylation sites is 1. The number of allylic oxidation sites excluding steroid dienone is 1. The van der Waals surface area contributed by atoms with Gasteiger partial charge in [0.1, 0.15) is 17.2 Å². The lowest BCUT2D eigenvalue weighted by molar-refractivity contribution is 0.388. The van der Waals surface area contributed by atoms with Gasteiger partial charge in [-0.05, 0) is 24.6 Å². The summed E-state index contributed by atoms with van der Waals surface area (Å²) < 4.78 is 11.1. The molecule has 4 rings (SSSR count). The van der Waals surface area contributed by atoms with Crippen LogP contribution in [0.1, 0.15) is 22.6 Å². The van der Waals surface area contributed by atoms with Crippen LogP contribution in [0.5, 0.6) is 5.75 Å². The maximum atomic E-state index is 12.7. The molecular formula is C20H14N2O3. The van der Waals surface area contributed by atoms with Crippen LogP contribution in [0.2, 0.25) is 0 Å². The van der Waals surface area contributed by atoms with Crippen molar-refractivity contribution in [2.75, 3.05) is 0 Å². The summed E-state index contributed by atoms with van der Waals surface area (Å²) in [6.07, 6.45) is 0. The van der Waals surface area contributed by atoms with Crippen LogP contribution in [-0.4, -0.2) is 0 Å². The summed E-state index contributed by atoms with van der Waals surface area (Å²) in [5.74, 6) is -0.248. The van der Waals surface area contributed by atoms with Crippen molar-refractivity contribution in [1.82, 2.24) is 0 Å². The second-order valence-corrected chi connectivity index (χ2v) is 5.97. The predicted octanol–water partition coefficient (Wildman–Crippen LogP) is 3.32. The first-order valence-electron chi connectivity index (χ1n) is 7.80. The van der Waals surface area contributed by atoms with Crippen molar-refractivity contribution < 1.29 is 9.15 Å². The molecule has 1 aromatic heterocycles. The summed E-state index contributed by atoms with van der Waals surface area (Å²) in [5.41, 5.74) is 8.23. The number of ether oxygens (including phenoxy) is 1. The first kappa shape index (κ1) is 15.0. The average molecular weight is 330 g/mol. The van der Waals surface area contributed by atoms with Crippen molar-refractivity contribution in [2.24, 2.45) is 5.73 Å². The van der Waals surface area contributed by atoms with Gasteiger partial charge in [-0.3, -0.25) is 0 Å². The van der Waals surface area contributed by atoms with Gasteiger partial charge in [0, 0.05) is 0 Å². The van der Waals surface area contributed by atoms with Gasteiger partial charge >= 0.3 is 5.63 Å². The highest BCUT2D eigenvalue weighted by atomic mass is 16.5. The van der Waals surface area contributed by atoms with Gasteiger partial charge in [0.05, 0.1) is 16.9 Å². The number of hydrogen-bond donors (Lipinski definition) is 1. The third-order valence-corrected chi connectivity index (χ3v) is 4.35. The van der Waals surface area contributed by atoms with Crippen LogP contribution in [0.25, 0.3) is 11.0 Å². The molecule has 0 spiro atoms. The largest absolute Gasteiger partial charge is 0.439 e. The molecule has 5 nitrogen and oxygen atoms in total. The van der Waals surface area contributed by atoms with Crippen LogP contribution in [0.4, 0.5) is 0 Å². The quantitative estimate of drug-likeness (QED) is 0.691. The first-order valence-corrected chi connectivity index (χ1v) is 7.80. The normalized spacial score (nSPS) is 16.2. The molecule has 0 fully saturated rings. The van der Waals surface area contributed by atoms with Gasteiger partial charge in [0.2, 0.25) is 5.88 Å². The Labute approximate surface area is 143 Å². The highest BCUT2D eigenvalue weighted by Crippen LogP contribution is 2.43. The third-order valence-electron chi connectivity index (χ3n) is 4.35. The number of fused-ring (bicyclic) bond motifs is 3. The van der Waals surface area contributed by atoms with E-state index in [2.05, 4.69) is 6.07 Å². The van der Waals surface area contributed by atoms with E-state index in [9.17, 15) is 10.1 Å². The van der Waals surface area contributed by atoms with Crippen molar-refractivity contribution in [3.8, 4) is 11.8 Å². The fraction of sp³-hybridized carbons (Fsp3) is 0.100. The molecule has 3 aromatic rings. The number of nitriles is 1. The van der Waals surface area contributed by atoms with Gasteiger partial charge in [-0.15, -0.1) is 0 Å². The van der Waals surface area contributed by atoms with E-state index in [-0.39, 0.29) is 11.5 Å². The van der Waals surface area contributed by atoms with Crippen molar-refractivity contribution in [3.63, 3.8) is 0 Å². The van der Waals surface area contributed by atoms with E-state index >= 15 is 0 Å². The van der Waals surface area contributed by atoms with Crippen molar-refractivity contribution in [3.05, 3.63) is 87.1 Å². The maximum absolute atomic E-state index is 12.7. The SMILES string of the molecule is Cc1cccc(C2C(C#N)=C(N)Oc3c2c(=O)oc2ccccc32)c1. The van der Waals surface area contributed by atoms with Gasteiger partial charge in [0.15, 0.2) is 5.75 Å². The minimum atomic E-state index is -0.616. The van der Waals surface area contributed by atoms with Crippen LogP contribution in [0.15, 0.2) is 69.2 Å². The molecule has 1 unspecified atom stereocenters. The lowest BCUT2D eigenvalue weighted by Gasteiger charge is -2.26. The summed E-state index contributed by atoms with van der Waals surface area (Å²) in [7, 11) is 0. The predicted molar refractivity (Wildman–Crippen MR) is 93.0 cm³/mol. The Morgan fingerprint density at radius 2 is 1.96 bits per heavy atom. The van der Waals surface area contributed by atoms with Crippen LogP contribution in [0, 0.1) is 18.3 Å². The van der Waals surface area contributed by atoms with Gasteiger partial charge in [-0.1, -0.05) is 42.0 Å². The molecule has 2 N–H and O–H groups in total. The van der Waals surface area contributed by atoms with E-state index in [1.807, 2.05) is 37.3 Å². The third kappa shape index (κ3) is 2.27. The molecule has 0 amide bonds. The minimum absolute atomic E-state index is 0.0114. The Bertz CT molecular complexity index is 1140. The topological polar surface area (TPSA) is 89.3 Å². The van der Waals surface area contributed by atoms with Crippen LogP contribution >= 0.6 is 0 Å². The second kappa shape index (κ2) is 5.53. The molecule has 5 heteroatoms. The molecule has 0 saturated heterocycles. The molecule has 0 radical (unpaired) electrons. The summed E-state index contributed by atoms with van der Waals surface area (Å²) in [6, 6.07) is 16.8. The van der Waals surface area contributed by atoms with Gasteiger partial charge in [-0.2, -0.15) is 5.26 Å². The van der Waals surface area contributed by atoms with E-state index in [1.54, 1.807) is 18.2 Å². The monoisotopic (exact) mass is 330 g/mol. The minimum Gasteiger partial charge on any atom is -0.439 e. The molecule has 25 heavy (non-hydrogen) atoms. The number of hydrogen-bond acceptors (Lipinski definition) is 5. The smallest absolute Gasteiger partial charge is 0.344 e. The Kier molecular flexibility index (Phi) is 3.33. The molecule has 0 aliphatic carbocycles. The van der Waals surface area contributed by atoms with Crippen LogP contribution in [-0.2, 0) is 0 Å². The molecule has 1 aliphatic heterocycles. The molecule has 0 saturated carbocycles. The molecule has 2 aromatic carbocycles. The van der Waals surface area contributed by atoms with Crippen LogP contribution in [0.3, 0.4) is 0 Å². The summed E-state index contributed by atoms with van der Waals surface area (Å²) in [5, 5.41) is 10.2. The number of benzene rings is 2. The number of nitrogens with zero attached hydrogens (tertiary/aromatic N) is 1. The zero-order valence-corrected chi connectivity index (χ0v) is 13.4. The molecule has 0 bridgehead atoms. The highest BCUT2D eigenvalue weighted by molar-refractivity contribution is 5.86. The molecular weight excluding hydrogens is 316 g/mol. The fourth-order valence-corrected chi connectivity index (χ4v) is 3.25. The fourth-order valence-electron chi connectivity index (χ4n) is 3.25. The first-order chi connectivity index (χ1) is 12.1. The maximum Gasteiger partial charge on any atom is 0.344 e. The Morgan fingerprint density at radius 3 is 2.72 bits per heavy atom. The molecule has 122 valence electrons. The van der Waals surface area contributed by atoms with Crippen molar-refractivity contribution >= 4 is 11.0 Å². The van der Waals surface area contributed by atoms with Crippen molar-refractivity contribution in [2.45, 2.75) is 12.8 Å². The van der Waals surface area contributed by atoms with E-state index in [1.165, 1.54) is 0 Å². The van der Waals surface area contributed by atoms with E-state index in [4.69, 9.17) is 14.9 Å². The standard InChI is InChI=1S/C20H14N2O3/c1-11-5-4-6-12(9-11)16-14(10-21)19(22)25-18-13-7-2-3-8-15(13)24-20(23)17(16)18/h2-9,16H,22H2,1H3. The lowest BCUT2D eigenvalue weighted by Crippen LogP contribution is -2.26. The lowest BCUT2D eigenvalue weighted by atomic mass is 9.83. The number of aryl methyl sites for hydroxylation is 1. The molecule has 1 atom stereocenters. The van der Waals surface area contributed by atoms with Gasteiger partial charge in [0.25, 0.3) is 0 Å². The Hall–Kier alpha value is -3.52. The van der Waals surface area contributed by atoms with E-state index in [0.29, 0.717) is 22.3 Å². The van der Waals surface area contributed by atoms with E-state index in [0.717, 1.165) is 11.1 Å². The highest BCUT2D eigenvalue weighted by Gasteiger charge is 2.35. The van der Waals surface area contributed by atoms with E-state index < -0.39 is 11.5 Å². The number of nitrogens with two attached hydrogens (primary N) is 1. The van der Waals surface area contributed by atoms with Gasteiger partial charge < -0.3 is 14.9 Å². The average Bonchev–Trinajstić information content (AvgIpc) is 2.60. The second-order valence-electron chi connectivity index (χ2n) is 5.97. The van der Waals surface area contributed by atoms with Crippen LogP contribution < -0.4 is 16.1 Å². The summed E-state index contributed by atoms with van der Waals surface area (Å²) in [6.45, 7) is 1.95. The molecule has 2 heterocycles. The summed E-state index contributed by atoms with van der Waals surface area (Å²) >= 11 is 0. The Balaban J connectivity index is 2.10. The number of rotatable bonds is 1. The zero-order valence-electron chi connectivity index (χ0n) is 13.4. The van der Waals surface area contributed by atoms with Crippen molar-refractivity contribution in [1.29, 1.82) is 5.26 Å². The summed E-state index contributed by atoms with van der Waals surface area (Å²) in [4.78, 5) is 12.7.